The van der Waals surface area contributed by atoms with Crippen molar-refractivity contribution < 1.29 is 4.79 Å². The molecule has 1 aliphatic heterocycles. The van der Waals surface area contributed by atoms with Crippen LogP contribution in [0.3, 0.4) is 0 Å². The van der Waals surface area contributed by atoms with Crippen molar-refractivity contribution in [3.8, 4) is 5.69 Å². The quantitative estimate of drug-likeness (QED) is 0.711. The Morgan fingerprint density at radius 2 is 2.00 bits per heavy atom. The summed E-state index contributed by atoms with van der Waals surface area (Å²) in [4.78, 5) is 18.8. The van der Waals surface area contributed by atoms with E-state index in [4.69, 9.17) is 0 Å². The standard InChI is InChI=1S/C19H21N5OS/c1-14-21-17(12-26-14)19(25)23-9-7-15(8-10-23)11-18-22-20-13-24(18)16-5-3-2-4-6-16/h2-6,12-13,15H,7-11H2,1H3. The molecule has 0 N–H and O–H groups in total. The lowest BCUT2D eigenvalue weighted by atomic mass is 9.93. The molecule has 4 rings (SSSR count). The second kappa shape index (κ2) is 7.37. The summed E-state index contributed by atoms with van der Waals surface area (Å²) >= 11 is 1.52. The summed E-state index contributed by atoms with van der Waals surface area (Å²) in [5.74, 6) is 1.55. The zero-order valence-electron chi connectivity index (χ0n) is 14.7. The number of rotatable bonds is 4. The van der Waals surface area contributed by atoms with E-state index in [2.05, 4.69) is 31.9 Å². The maximum atomic E-state index is 12.5. The van der Waals surface area contributed by atoms with Crippen molar-refractivity contribution >= 4 is 17.2 Å². The van der Waals surface area contributed by atoms with Crippen molar-refractivity contribution in [3.63, 3.8) is 0 Å². The van der Waals surface area contributed by atoms with Crippen LogP contribution in [0, 0.1) is 12.8 Å². The Morgan fingerprint density at radius 1 is 1.23 bits per heavy atom. The number of hydrogen-bond acceptors (Lipinski definition) is 5. The normalized spacial score (nSPS) is 15.3. The Hall–Kier alpha value is -2.54. The lowest BCUT2D eigenvalue weighted by molar-refractivity contribution is 0.0684. The first-order valence-electron chi connectivity index (χ1n) is 8.86. The van der Waals surface area contributed by atoms with Gasteiger partial charge in [-0.05, 0) is 37.8 Å². The number of para-hydroxylation sites is 1. The number of likely N-dealkylation sites (tertiary alicyclic amines) is 1. The summed E-state index contributed by atoms with van der Waals surface area (Å²) < 4.78 is 2.05. The zero-order chi connectivity index (χ0) is 17.9. The van der Waals surface area contributed by atoms with Crippen molar-refractivity contribution in [1.82, 2.24) is 24.6 Å². The Bertz CT molecular complexity index is 880. The van der Waals surface area contributed by atoms with Gasteiger partial charge in [0.05, 0.1) is 5.01 Å². The molecule has 3 heterocycles. The largest absolute Gasteiger partial charge is 0.337 e. The minimum Gasteiger partial charge on any atom is -0.337 e. The van der Waals surface area contributed by atoms with E-state index >= 15 is 0 Å². The second-order valence-corrected chi connectivity index (χ2v) is 7.71. The van der Waals surface area contributed by atoms with E-state index in [9.17, 15) is 4.79 Å². The molecule has 0 bridgehead atoms. The number of piperidine rings is 1. The highest BCUT2D eigenvalue weighted by atomic mass is 32.1. The Labute approximate surface area is 156 Å². The van der Waals surface area contributed by atoms with Crippen LogP contribution in [-0.2, 0) is 6.42 Å². The van der Waals surface area contributed by atoms with Crippen molar-refractivity contribution in [2.24, 2.45) is 5.92 Å². The number of amides is 1. The summed E-state index contributed by atoms with van der Waals surface area (Å²) in [6.07, 6.45) is 4.62. The number of aryl methyl sites for hydroxylation is 1. The van der Waals surface area contributed by atoms with E-state index in [1.807, 2.05) is 35.4 Å². The van der Waals surface area contributed by atoms with E-state index < -0.39 is 0 Å². The highest BCUT2D eigenvalue weighted by Crippen LogP contribution is 2.23. The van der Waals surface area contributed by atoms with Crippen LogP contribution in [0.4, 0.5) is 0 Å². The highest BCUT2D eigenvalue weighted by molar-refractivity contribution is 7.09. The van der Waals surface area contributed by atoms with Crippen LogP contribution in [0.25, 0.3) is 5.69 Å². The first-order valence-corrected chi connectivity index (χ1v) is 9.74. The summed E-state index contributed by atoms with van der Waals surface area (Å²) in [7, 11) is 0. The van der Waals surface area contributed by atoms with Gasteiger partial charge in [0.15, 0.2) is 0 Å². The molecule has 1 aromatic carbocycles. The van der Waals surface area contributed by atoms with Crippen LogP contribution in [0.15, 0.2) is 42.0 Å². The number of benzene rings is 1. The average Bonchev–Trinajstić information content (AvgIpc) is 3.31. The Balaban J connectivity index is 1.38. The van der Waals surface area contributed by atoms with Gasteiger partial charge in [-0.1, -0.05) is 18.2 Å². The van der Waals surface area contributed by atoms with Crippen LogP contribution in [-0.4, -0.2) is 43.6 Å². The van der Waals surface area contributed by atoms with Gasteiger partial charge in [-0.15, -0.1) is 21.5 Å². The fraction of sp³-hybridized carbons (Fsp3) is 0.368. The minimum absolute atomic E-state index is 0.0558. The number of carbonyl (C=O) groups excluding carboxylic acids is 1. The molecule has 0 aliphatic carbocycles. The summed E-state index contributed by atoms with van der Waals surface area (Å²) in [6.45, 7) is 3.48. The van der Waals surface area contributed by atoms with Crippen molar-refractivity contribution in [2.75, 3.05) is 13.1 Å². The Morgan fingerprint density at radius 3 is 2.69 bits per heavy atom. The molecule has 0 saturated carbocycles. The smallest absolute Gasteiger partial charge is 0.273 e. The fourth-order valence-electron chi connectivity index (χ4n) is 3.42. The summed E-state index contributed by atoms with van der Waals surface area (Å²) in [5, 5.41) is 11.2. The van der Waals surface area contributed by atoms with Gasteiger partial charge in [0, 0.05) is 30.6 Å². The molecule has 1 saturated heterocycles. The van der Waals surface area contributed by atoms with Gasteiger partial charge in [-0.25, -0.2) is 4.98 Å². The van der Waals surface area contributed by atoms with Gasteiger partial charge in [-0.3, -0.25) is 9.36 Å². The van der Waals surface area contributed by atoms with Gasteiger partial charge in [-0.2, -0.15) is 0 Å². The van der Waals surface area contributed by atoms with Crippen LogP contribution < -0.4 is 0 Å². The van der Waals surface area contributed by atoms with Gasteiger partial charge in [0.1, 0.15) is 17.8 Å². The molecule has 6 nitrogen and oxygen atoms in total. The molecule has 0 radical (unpaired) electrons. The zero-order valence-corrected chi connectivity index (χ0v) is 15.5. The lowest BCUT2D eigenvalue weighted by Gasteiger charge is -2.31. The fourth-order valence-corrected chi connectivity index (χ4v) is 4.01. The molecular weight excluding hydrogens is 346 g/mol. The third-order valence-electron chi connectivity index (χ3n) is 4.86. The van der Waals surface area contributed by atoms with Gasteiger partial charge < -0.3 is 4.90 Å². The van der Waals surface area contributed by atoms with Crippen LogP contribution in [0.5, 0.6) is 0 Å². The molecule has 1 aliphatic rings. The lowest BCUT2D eigenvalue weighted by Crippen LogP contribution is -2.39. The molecular formula is C19H21N5OS. The van der Waals surface area contributed by atoms with Crippen molar-refractivity contribution in [3.05, 3.63) is 58.6 Å². The van der Waals surface area contributed by atoms with E-state index in [0.29, 0.717) is 11.6 Å². The van der Waals surface area contributed by atoms with E-state index in [0.717, 1.165) is 48.9 Å². The average molecular weight is 367 g/mol. The molecule has 134 valence electrons. The Kier molecular flexibility index (Phi) is 4.79. The molecule has 0 spiro atoms. The van der Waals surface area contributed by atoms with Crippen LogP contribution >= 0.6 is 11.3 Å². The summed E-state index contributed by atoms with van der Waals surface area (Å²) in [6, 6.07) is 10.2. The monoisotopic (exact) mass is 367 g/mol. The van der Waals surface area contributed by atoms with E-state index in [1.54, 1.807) is 6.33 Å². The van der Waals surface area contributed by atoms with Gasteiger partial charge >= 0.3 is 0 Å². The summed E-state index contributed by atoms with van der Waals surface area (Å²) in [5.41, 5.74) is 1.66. The second-order valence-electron chi connectivity index (χ2n) is 6.64. The van der Waals surface area contributed by atoms with Crippen LogP contribution in [0.1, 0.15) is 34.2 Å². The molecule has 2 aromatic heterocycles. The maximum absolute atomic E-state index is 12.5. The first-order chi connectivity index (χ1) is 12.7. The van der Waals surface area contributed by atoms with Crippen molar-refractivity contribution in [2.45, 2.75) is 26.2 Å². The third-order valence-corrected chi connectivity index (χ3v) is 5.64. The molecule has 3 aromatic rings. The molecule has 26 heavy (non-hydrogen) atoms. The van der Waals surface area contributed by atoms with E-state index in [-0.39, 0.29) is 5.91 Å². The highest BCUT2D eigenvalue weighted by Gasteiger charge is 2.26. The van der Waals surface area contributed by atoms with Gasteiger partial charge in [0.2, 0.25) is 0 Å². The van der Waals surface area contributed by atoms with E-state index in [1.165, 1.54) is 11.3 Å². The number of hydrogen-bond donors (Lipinski definition) is 0. The third kappa shape index (κ3) is 3.53. The van der Waals surface area contributed by atoms with Crippen LogP contribution in [0.2, 0.25) is 0 Å². The molecule has 0 unspecified atom stereocenters. The number of thiazole rings is 1. The number of aromatic nitrogens is 4. The predicted octanol–water partition coefficient (Wildman–Crippen LogP) is 3.13. The maximum Gasteiger partial charge on any atom is 0.273 e. The molecule has 7 heteroatoms. The van der Waals surface area contributed by atoms with Crippen molar-refractivity contribution in [1.29, 1.82) is 0 Å². The number of carbonyl (C=O) groups is 1. The number of nitrogens with zero attached hydrogens (tertiary/aromatic N) is 5. The first kappa shape index (κ1) is 16.9. The predicted molar refractivity (Wildman–Crippen MR) is 101 cm³/mol. The minimum atomic E-state index is 0.0558. The molecule has 1 amide bonds. The molecule has 1 fully saturated rings. The topological polar surface area (TPSA) is 63.9 Å². The van der Waals surface area contributed by atoms with Gasteiger partial charge in [0.25, 0.3) is 5.91 Å². The molecule has 0 atom stereocenters. The SMILES string of the molecule is Cc1nc(C(=O)N2CCC(Cc3nncn3-c3ccccc3)CC2)cs1.